The Kier molecular flexibility index (Phi) is 7.67. The van der Waals surface area contributed by atoms with Crippen molar-refractivity contribution in [3.63, 3.8) is 0 Å². The fourth-order valence-electron chi connectivity index (χ4n) is 3.41. The van der Waals surface area contributed by atoms with E-state index in [9.17, 15) is 9.59 Å². The molecule has 1 unspecified atom stereocenters. The van der Waals surface area contributed by atoms with Crippen LogP contribution in [0.1, 0.15) is 5.56 Å². The number of nitrogens with one attached hydrogen (secondary N) is 2. The standard InChI is InChI=1S/C26H23ClN4O2S/c27-18-11-13-20(14-12-18)30-24(32)21-22(28)23(34-26(21)31-19-9-5-2-6-10-19)25(33)29-16-15-17-7-3-1-4-8-17/h1-14,23H,15-16,28H2,(H,29,33)(H,30,32). The maximum absolute atomic E-state index is 13.2. The number of thioether (sulfide) groups is 1. The topological polar surface area (TPSA) is 96.6 Å². The van der Waals surface area contributed by atoms with E-state index in [1.165, 1.54) is 11.8 Å². The van der Waals surface area contributed by atoms with Gasteiger partial charge in [-0.25, -0.2) is 4.99 Å². The molecule has 0 fully saturated rings. The van der Waals surface area contributed by atoms with Crippen molar-refractivity contribution >= 4 is 51.6 Å². The molecule has 0 spiro atoms. The number of carbonyl (C=O) groups is 2. The molecular weight excluding hydrogens is 468 g/mol. The monoisotopic (exact) mass is 490 g/mol. The van der Waals surface area contributed by atoms with Crippen LogP contribution in [0.25, 0.3) is 0 Å². The summed E-state index contributed by atoms with van der Waals surface area (Å²) >= 11 is 7.11. The molecule has 0 radical (unpaired) electrons. The second-order valence-corrected chi connectivity index (χ2v) is 9.10. The Hall–Kier alpha value is -3.55. The number of aliphatic imine (C=N–C) groups is 1. The summed E-state index contributed by atoms with van der Waals surface area (Å²) in [5.41, 5.74) is 9.11. The van der Waals surface area contributed by atoms with Gasteiger partial charge in [-0.1, -0.05) is 71.9 Å². The number of nitrogens with two attached hydrogens (primary N) is 1. The maximum Gasteiger partial charge on any atom is 0.260 e. The van der Waals surface area contributed by atoms with Crippen LogP contribution < -0.4 is 16.4 Å². The summed E-state index contributed by atoms with van der Waals surface area (Å²) in [4.78, 5) is 30.7. The van der Waals surface area contributed by atoms with Crippen LogP contribution in [-0.2, 0) is 16.0 Å². The van der Waals surface area contributed by atoms with Gasteiger partial charge in [0.1, 0.15) is 10.3 Å². The second kappa shape index (κ2) is 11.0. The van der Waals surface area contributed by atoms with Crippen molar-refractivity contribution in [1.82, 2.24) is 5.32 Å². The van der Waals surface area contributed by atoms with Crippen LogP contribution in [0.5, 0.6) is 0 Å². The minimum atomic E-state index is -0.746. The molecule has 0 saturated heterocycles. The highest BCUT2D eigenvalue weighted by atomic mass is 35.5. The number of nitrogens with zero attached hydrogens (tertiary/aromatic N) is 1. The number of amides is 2. The van der Waals surface area contributed by atoms with Crippen LogP contribution in [0.15, 0.2) is 101 Å². The zero-order valence-electron chi connectivity index (χ0n) is 18.2. The van der Waals surface area contributed by atoms with Crippen molar-refractivity contribution in [1.29, 1.82) is 0 Å². The Labute approximate surface area is 207 Å². The first-order chi connectivity index (χ1) is 16.5. The minimum absolute atomic E-state index is 0.184. The van der Waals surface area contributed by atoms with Crippen LogP contribution in [0.2, 0.25) is 5.02 Å². The fourth-order valence-corrected chi connectivity index (χ4v) is 4.68. The molecule has 1 aliphatic heterocycles. The molecule has 34 heavy (non-hydrogen) atoms. The first-order valence-electron chi connectivity index (χ1n) is 10.7. The number of anilines is 1. The van der Waals surface area contributed by atoms with Gasteiger partial charge in [0.2, 0.25) is 5.91 Å². The summed E-state index contributed by atoms with van der Waals surface area (Å²) in [6, 6.07) is 25.9. The lowest BCUT2D eigenvalue weighted by Crippen LogP contribution is -2.36. The summed E-state index contributed by atoms with van der Waals surface area (Å²) in [5, 5.41) is 5.97. The quantitative estimate of drug-likeness (QED) is 0.447. The van der Waals surface area contributed by atoms with Gasteiger partial charge in [-0.15, -0.1) is 0 Å². The highest BCUT2D eigenvalue weighted by molar-refractivity contribution is 8.16. The van der Waals surface area contributed by atoms with Crippen LogP contribution in [0.3, 0.4) is 0 Å². The van der Waals surface area contributed by atoms with Gasteiger partial charge in [-0.05, 0) is 48.4 Å². The zero-order chi connectivity index (χ0) is 23.9. The van der Waals surface area contributed by atoms with Gasteiger partial charge >= 0.3 is 0 Å². The predicted octanol–water partition coefficient (Wildman–Crippen LogP) is 4.70. The summed E-state index contributed by atoms with van der Waals surface area (Å²) in [6.07, 6.45) is 0.697. The largest absolute Gasteiger partial charge is 0.400 e. The molecule has 1 heterocycles. The molecule has 1 atom stereocenters. The molecule has 4 N–H and O–H groups in total. The average Bonchev–Trinajstić information content (AvgIpc) is 3.17. The highest BCUT2D eigenvalue weighted by Gasteiger charge is 2.38. The zero-order valence-corrected chi connectivity index (χ0v) is 19.8. The molecule has 0 bridgehead atoms. The number of para-hydroxylation sites is 1. The molecule has 4 rings (SSSR count). The van der Waals surface area contributed by atoms with E-state index >= 15 is 0 Å². The summed E-state index contributed by atoms with van der Waals surface area (Å²) in [5.74, 6) is -0.685. The Morgan fingerprint density at radius 2 is 1.59 bits per heavy atom. The number of hydrogen-bond donors (Lipinski definition) is 3. The van der Waals surface area contributed by atoms with Crippen molar-refractivity contribution in [3.05, 3.63) is 107 Å². The first-order valence-corrected chi connectivity index (χ1v) is 12.0. The lowest BCUT2D eigenvalue weighted by atomic mass is 10.1. The molecule has 8 heteroatoms. The first kappa shape index (κ1) is 23.6. The van der Waals surface area contributed by atoms with Gasteiger partial charge in [-0.3, -0.25) is 9.59 Å². The SMILES string of the molecule is NC1=C(C(=O)Nc2ccc(Cl)cc2)C(=Nc2ccccc2)SC1C(=O)NCCc1ccccc1. The van der Waals surface area contributed by atoms with Crippen LogP contribution in [0.4, 0.5) is 11.4 Å². The van der Waals surface area contributed by atoms with E-state index in [0.717, 1.165) is 5.56 Å². The summed E-state index contributed by atoms with van der Waals surface area (Å²) < 4.78 is 0. The Morgan fingerprint density at radius 1 is 0.941 bits per heavy atom. The van der Waals surface area contributed by atoms with Crippen molar-refractivity contribution in [2.45, 2.75) is 11.7 Å². The molecule has 0 aromatic heterocycles. The minimum Gasteiger partial charge on any atom is -0.400 e. The van der Waals surface area contributed by atoms with Gasteiger partial charge < -0.3 is 16.4 Å². The van der Waals surface area contributed by atoms with Crippen LogP contribution in [-0.4, -0.2) is 28.7 Å². The van der Waals surface area contributed by atoms with E-state index < -0.39 is 11.2 Å². The Morgan fingerprint density at radius 3 is 2.26 bits per heavy atom. The molecule has 2 amide bonds. The summed E-state index contributed by atoms with van der Waals surface area (Å²) in [6.45, 7) is 0.463. The highest BCUT2D eigenvalue weighted by Crippen LogP contribution is 2.35. The predicted molar refractivity (Wildman–Crippen MR) is 139 cm³/mol. The van der Waals surface area contributed by atoms with E-state index in [1.54, 1.807) is 24.3 Å². The number of carbonyl (C=O) groups excluding carboxylic acids is 2. The third kappa shape index (κ3) is 5.87. The van der Waals surface area contributed by atoms with Gasteiger partial charge in [0.25, 0.3) is 5.91 Å². The van der Waals surface area contributed by atoms with Crippen LogP contribution in [0, 0.1) is 0 Å². The number of hydrogen-bond acceptors (Lipinski definition) is 5. The van der Waals surface area contributed by atoms with E-state index in [1.807, 2.05) is 60.7 Å². The lowest BCUT2D eigenvalue weighted by Gasteiger charge is -2.11. The van der Waals surface area contributed by atoms with E-state index in [4.69, 9.17) is 17.3 Å². The molecule has 3 aromatic rings. The fraction of sp³-hybridized carbons (Fsp3) is 0.115. The Bertz CT molecular complexity index is 1230. The third-order valence-corrected chi connectivity index (χ3v) is 6.60. The summed E-state index contributed by atoms with van der Waals surface area (Å²) in [7, 11) is 0. The van der Waals surface area contributed by atoms with E-state index in [0.29, 0.717) is 34.4 Å². The van der Waals surface area contributed by atoms with Gasteiger partial charge in [-0.2, -0.15) is 0 Å². The van der Waals surface area contributed by atoms with Crippen molar-refractivity contribution in [2.75, 3.05) is 11.9 Å². The number of rotatable bonds is 7. The van der Waals surface area contributed by atoms with Crippen molar-refractivity contribution < 1.29 is 9.59 Å². The average molecular weight is 491 g/mol. The van der Waals surface area contributed by atoms with E-state index in [2.05, 4.69) is 15.6 Å². The van der Waals surface area contributed by atoms with Gasteiger partial charge in [0, 0.05) is 23.0 Å². The number of benzene rings is 3. The molecule has 0 saturated carbocycles. The number of halogens is 1. The van der Waals surface area contributed by atoms with E-state index in [-0.39, 0.29) is 17.2 Å². The molecule has 172 valence electrons. The normalized spacial score (nSPS) is 16.5. The molecular formula is C26H23ClN4O2S. The molecule has 1 aliphatic rings. The van der Waals surface area contributed by atoms with Crippen molar-refractivity contribution in [2.24, 2.45) is 10.7 Å². The molecule has 3 aromatic carbocycles. The van der Waals surface area contributed by atoms with Crippen molar-refractivity contribution in [3.8, 4) is 0 Å². The molecule has 0 aliphatic carbocycles. The maximum atomic E-state index is 13.2. The third-order valence-electron chi connectivity index (χ3n) is 5.12. The lowest BCUT2D eigenvalue weighted by molar-refractivity contribution is -0.119. The smallest absolute Gasteiger partial charge is 0.260 e. The molecule has 6 nitrogen and oxygen atoms in total. The van der Waals surface area contributed by atoms with Gasteiger partial charge in [0.15, 0.2) is 0 Å². The second-order valence-electron chi connectivity index (χ2n) is 7.57. The van der Waals surface area contributed by atoms with Crippen LogP contribution >= 0.6 is 23.4 Å². The Balaban J connectivity index is 1.54. The van der Waals surface area contributed by atoms with Gasteiger partial charge in [0.05, 0.1) is 11.3 Å².